The van der Waals surface area contributed by atoms with Gasteiger partial charge in [-0.3, -0.25) is 4.98 Å². The predicted octanol–water partition coefficient (Wildman–Crippen LogP) is 1.32. The summed E-state index contributed by atoms with van der Waals surface area (Å²) in [4.78, 5) is 14.5. The van der Waals surface area contributed by atoms with Gasteiger partial charge in [0.2, 0.25) is 10.0 Å². The predicted molar refractivity (Wildman–Crippen MR) is 69.5 cm³/mol. The van der Waals surface area contributed by atoms with Gasteiger partial charge in [0.05, 0.1) is 12.2 Å². The van der Waals surface area contributed by atoms with Crippen molar-refractivity contribution in [3.63, 3.8) is 0 Å². The van der Waals surface area contributed by atoms with Crippen LogP contribution in [0, 0.1) is 0 Å². The fourth-order valence-electron chi connectivity index (χ4n) is 1.41. The maximum absolute atomic E-state index is 12.0. The number of carbonyl (C=O) groups is 1. The summed E-state index contributed by atoms with van der Waals surface area (Å²) >= 11 is 0.872. The van der Waals surface area contributed by atoms with Crippen LogP contribution in [0.3, 0.4) is 0 Å². The molecule has 0 aliphatic carbocycles. The topological polar surface area (TPSA) is 96.4 Å². The number of thiophene rings is 1. The lowest BCUT2D eigenvalue weighted by atomic mass is 10.4. The lowest BCUT2D eigenvalue weighted by Crippen LogP contribution is -2.24. The summed E-state index contributed by atoms with van der Waals surface area (Å²) in [5, 5.41) is 10.3. The molecule has 0 aliphatic rings. The number of aromatic carboxylic acids is 1. The number of carboxylic acid groups (broad SMARTS) is 1. The molecule has 0 saturated heterocycles. The van der Waals surface area contributed by atoms with Crippen molar-refractivity contribution in [2.45, 2.75) is 11.4 Å². The van der Waals surface area contributed by atoms with E-state index in [1.807, 2.05) is 0 Å². The third kappa shape index (κ3) is 3.16. The minimum absolute atomic E-state index is 0.0120. The standard InChI is InChI=1S/C11H10N2O4S2/c14-11(15)10-9(4-6-18-10)19(16,17)13-7-8-3-1-2-5-12-8/h1-6,13H,7H2,(H,14,15). The second kappa shape index (κ2) is 5.47. The first kappa shape index (κ1) is 13.7. The van der Waals surface area contributed by atoms with Gasteiger partial charge in [0, 0.05) is 6.20 Å². The van der Waals surface area contributed by atoms with Crippen molar-refractivity contribution >= 4 is 27.3 Å². The molecule has 2 rings (SSSR count). The van der Waals surface area contributed by atoms with Crippen LogP contribution in [0.1, 0.15) is 15.4 Å². The SMILES string of the molecule is O=C(O)c1sccc1S(=O)(=O)NCc1ccccn1. The Labute approximate surface area is 113 Å². The van der Waals surface area contributed by atoms with E-state index in [1.54, 1.807) is 24.4 Å². The molecule has 2 aromatic rings. The second-order valence-electron chi connectivity index (χ2n) is 3.56. The van der Waals surface area contributed by atoms with Crippen LogP contribution in [0.25, 0.3) is 0 Å². The van der Waals surface area contributed by atoms with Crippen molar-refractivity contribution in [1.82, 2.24) is 9.71 Å². The summed E-state index contributed by atoms with van der Waals surface area (Å²) in [5.74, 6) is -1.26. The molecule has 2 N–H and O–H groups in total. The minimum atomic E-state index is -3.85. The highest BCUT2D eigenvalue weighted by atomic mass is 32.2. The average Bonchev–Trinajstić information content (AvgIpc) is 2.88. The number of rotatable bonds is 5. The molecule has 6 nitrogen and oxygen atoms in total. The molecule has 2 heterocycles. The van der Waals surface area contributed by atoms with E-state index in [9.17, 15) is 13.2 Å². The molecule has 0 aliphatic heterocycles. The summed E-state index contributed by atoms with van der Waals surface area (Å²) < 4.78 is 26.3. The Bertz CT molecular complexity index is 680. The van der Waals surface area contributed by atoms with E-state index in [1.165, 1.54) is 11.4 Å². The monoisotopic (exact) mass is 298 g/mol. The number of hydrogen-bond acceptors (Lipinski definition) is 5. The van der Waals surface area contributed by atoms with Crippen LogP contribution in [-0.2, 0) is 16.6 Å². The molecular weight excluding hydrogens is 288 g/mol. The number of nitrogens with zero attached hydrogens (tertiary/aromatic N) is 1. The minimum Gasteiger partial charge on any atom is -0.477 e. The number of aromatic nitrogens is 1. The zero-order valence-electron chi connectivity index (χ0n) is 9.61. The highest BCUT2D eigenvalue weighted by Gasteiger charge is 2.23. The molecule has 0 unspecified atom stereocenters. The van der Waals surface area contributed by atoms with Crippen LogP contribution in [0.4, 0.5) is 0 Å². The quantitative estimate of drug-likeness (QED) is 0.867. The molecule has 19 heavy (non-hydrogen) atoms. The van der Waals surface area contributed by atoms with Crippen LogP contribution in [0.2, 0.25) is 0 Å². The first-order chi connectivity index (χ1) is 9.00. The van der Waals surface area contributed by atoms with E-state index in [4.69, 9.17) is 5.11 Å². The molecule has 8 heteroatoms. The van der Waals surface area contributed by atoms with E-state index >= 15 is 0 Å². The molecule has 100 valence electrons. The van der Waals surface area contributed by atoms with Gasteiger partial charge in [-0.05, 0) is 23.6 Å². The Balaban J connectivity index is 2.19. The molecule has 0 amide bonds. The van der Waals surface area contributed by atoms with Crippen molar-refractivity contribution in [2.24, 2.45) is 0 Å². The second-order valence-corrected chi connectivity index (χ2v) is 6.22. The van der Waals surface area contributed by atoms with Gasteiger partial charge in [-0.2, -0.15) is 0 Å². The van der Waals surface area contributed by atoms with Gasteiger partial charge in [0.25, 0.3) is 0 Å². The number of sulfonamides is 1. The first-order valence-corrected chi connectivity index (χ1v) is 7.57. The maximum atomic E-state index is 12.0. The number of pyridine rings is 1. The lowest BCUT2D eigenvalue weighted by Gasteiger charge is -2.05. The van der Waals surface area contributed by atoms with Gasteiger partial charge in [-0.15, -0.1) is 11.3 Å². The van der Waals surface area contributed by atoms with Gasteiger partial charge in [0.1, 0.15) is 9.77 Å². The van der Waals surface area contributed by atoms with Gasteiger partial charge >= 0.3 is 5.97 Å². The molecular formula is C11H10N2O4S2. The smallest absolute Gasteiger partial charge is 0.347 e. The van der Waals surface area contributed by atoms with E-state index in [2.05, 4.69) is 9.71 Å². The fraction of sp³-hybridized carbons (Fsp3) is 0.0909. The van der Waals surface area contributed by atoms with Gasteiger partial charge in [-0.25, -0.2) is 17.9 Å². The molecule has 0 atom stereocenters. The largest absolute Gasteiger partial charge is 0.477 e. The van der Waals surface area contributed by atoms with Crippen molar-refractivity contribution in [2.75, 3.05) is 0 Å². The summed E-state index contributed by atoms with van der Waals surface area (Å²) in [6.45, 7) is 0.0120. The molecule has 2 aromatic heterocycles. The Kier molecular flexibility index (Phi) is 3.93. The zero-order valence-corrected chi connectivity index (χ0v) is 11.2. The van der Waals surface area contributed by atoms with E-state index in [-0.39, 0.29) is 16.3 Å². The molecule has 0 aromatic carbocycles. The van der Waals surface area contributed by atoms with E-state index < -0.39 is 16.0 Å². The fourth-order valence-corrected chi connectivity index (χ4v) is 3.67. The number of carboxylic acids is 1. The van der Waals surface area contributed by atoms with Gasteiger partial charge in [0.15, 0.2) is 0 Å². The van der Waals surface area contributed by atoms with Crippen LogP contribution in [-0.4, -0.2) is 24.5 Å². The normalized spacial score (nSPS) is 11.4. The van der Waals surface area contributed by atoms with Gasteiger partial charge < -0.3 is 5.11 Å². The summed E-state index contributed by atoms with van der Waals surface area (Å²) in [6.07, 6.45) is 1.55. The summed E-state index contributed by atoms with van der Waals surface area (Å²) in [7, 11) is -3.85. The van der Waals surface area contributed by atoms with Crippen molar-refractivity contribution < 1.29 is 18.3 Å². The molecule has 0 spiro atoms. The zero-order chi connectivity index (χ0) is 13.9. The number of nitrogens with one attached hydrogen (secondary N) is 1. The molecule has 0 saturated carbocycles. The van der Waals surface area contributed by atoms with Crippen LogP contribution in [0.5, 0.6) is 0 Å². The highest BCUT2D eigenvalue weighted by molar-refractivity contribution is 7.89. The Hall–Kier alpha value is -1.77. The highest BCUT2D eigenvalue weighted by Crippen LogP contribution is 2.21. The van der Waals surface area contributed by atoms with Crippen molar-refractivity contribution in [3.05, 3.63) is 46.4 Å². The van der Waals surface area contributed by atoms with Crippen molar-refractivity contribution in [3.8, 4) is 0 Å². The molecule has 0 radical (unpaired) electrons. The molecule has 0 bridgehead atoms. The molecule has 0 fully saturated rings. The Morgan fingerprint density at radius 2 is 2.16 bits per heavy atom. The van der Waals surface area contributed by atoms with Crippen LogP contribution < -0.4 is 4.72 Å². The third-order valence-electron chi connectivity index (χ3n) is 2.28. The van der Waals surface area contributed by atoms with Gasteiger partial charge in [-0.1, -0.05) is 6.07 Å². The van der Waals surface area contributed by atoms with Crippen LogP contribution >= 0.6 is 11.3 Å². The first-order valence-electron chi connectivity index (χ1n) is 5.21. The summed E-state index contributed by atoms with van der Waals surface area (Å²) in [6, 6.07) is 6.41. The van der Waals surface area contributed by atoms with E-state index in [0.29, 0.717) is 5.69 Å². The summed E-state index contributed by atoms with van der Waals surface area (Å²) in [5.41, 5.74) is 0.554. The Morgan fingerprint density at radius 1 is 1.37 bits per heavy atom. The van der Waals surface area contributed by atoms with Crippen molar-refractivity contribution in [1.29, 1.82) is 0 Å². The maximum Gasteiger partial charge on any atom is 0.347 e. The van der Waals surface area contributed by atoms with Crippen LogP contribution in [0.15, 0.2) is 40.7 Å². The third-order valence-corrected chi connectivity index (χ3v) is 4.76. The lowest BCUT2D eigenvalue weighted by molar-refractivity contribution is 0.0698. The average molecular weight is 298 g/mol. The number of hydrogen-bond donors (Lipinski definition) is 2. The Morgan fingerprint density at radius 3 is 2.79 bits per heavy atom. The van der Waals surface area contributed by atoms with E-state index in [0.717, 1.165) is 11.3 Å².